The van der Waals surface area contributed by atoms with Crippen molar-refractivity contribution in [2.45, 2.75) is 38.3 Å². The Morgan fingerprint density at radius 1 is 1.28 bits per heavy atom. The Morgan fingerprint density at radius 3 is 2.89 bits per heavy atom. The van der Waals surface area contributed by atoms with Crippen LogP contribution in [0.4, 0.5) is 0 Å². The Hall–Kier alpha value is -0.280. The summed E-state index contributed by atoms with van der Waals surface area (Å²) >= 11 is 12.1. The van der Waals surface area contributed by atoms with Gasteiger partial charge in [0, 0.05) is 6.54 Å². The molecule has 1 aliphatic rings. The van der Waals surface area contributed by atoms with Crippen molar-refractivity contribution in [2.24, 2.45) is 5.92 Å². The Morgan fingerprint density at radius 2 is 2.11 bits per heavy atom. The van der Waals surface area contributed by atoms with E-state index in [4.69, 9.17) is 23.2 Å². The molecular weight excluding hydrogens is 269 g/mol. The second-order valence-corrected chi connectivity index (χ2v) is 5.82. The first kappa shape index (κ1) is 14.1. The van der Waals surface area contributed by atoms with Crippen LogP contribution >= 0.6 is 23.2 Å². The Bertz CT molecular complexity index is 397. The van der Waals surface area contributed by atoms with Crippen molar-refractivity contribution in [1.82, 2.24) is 5.32 Å². The molecule has 2 unspecified atom stereocenters. The van der Waals surface area contributed by atoms with Crippen LogP contribution in [0.3, 0.4) is 0 Å². The number of aliphatic hydroxyl groups is 1. The fourth-order valence-electron chi connectivity index (χ4n) is 2.54. The highest BCUT2D eigenvalue weighted by Crippen LogP contribution is 2.26. The molecule has 18 heavy (non-hydrogen) atoms. The number of benzene rings is 1. The van der Waals surface area contributed by atoms with Gasteiger partial charge in [-0.25, -0.2) is 0 Å². The molecule has 0 radical (unpaired) electrons. The topological polar surface area (TPSA) is 32.3 Å². The van der Waals surface area contributed by atoms with Crippen molar-refractivity contribution in [3.8, 4) is 0 Å². The third kappa shape index (κ3) is 3.86. The van der Waals surface area contributed by atoms with E-state index in [0.717, 1.165) is 37.9 Å². The summed E-state index contributed by atoms with van der Waals surface area (Å²) in [5, 5.41) is 14.3. The van der Waals surface area contributed by atoms with Gasteiger partial charge < -0.3 is 10.4 Å². The van der Waals surface area contributed by atoms with Crippen molar-refractivity contribution in [3.63, 3.8) is 0 Å². The van der Waals surface area contributed by atoms with E-state index < -0.39 is 0 Å². The van der Waals surface area contributed by atoms with Gasteiger partial charge in [0.05, 0.1) is 16.1 Å². The van der Waals surface area contributed by atoms with Gasteiger partial charge >= 0.3 is 0 Å². The molecule has 0 bridgehead atoms. The van der Waals surface area contributed by atoms with Crippen LogP contribution in [0.1, 0.15) is 31.2 Å². The predicted octanol–water partition coefficient (Wildman–Crippen LogP) is 3.63. The third-order valence-corrected chi connectivity index (χ3v) is 4.39. The quantitative estimate of drug-likeness (QED) is 0.886. The van der Waals surface area contributed by atoms with Crippen molar-refractivity contribution >= 4 is 23.2 Å². The SMILES string of the molecule is OC1CCCC(CNCc2cccc(Cl)c2Cl)C1. The van der Waals surface area contributed by atoms with Gasteiger partial charge in [-0.3, -0.25) is 0 Å². The van der Waals surface area contributed by atoms with Gasteiger partial charge in [0.1, 0.15) is 0 Å². The number of nitrogens with one attached hydrogen (secondary N) is 1. The number of hydrogen-bond acceptors (Lipinski definition) is 2. The molecular formula is C14H19Cl2NO. The van der Waals surface area contributed by atoms with Crippen LogP contribution in [-0.2, 0) is 6.54 Å². The summed E-state index contributed by atoms with van der Waals surface area (Å²) in [6.07, 6.45) is 4.09. The molecule has 2 nitrogen and oxygen atoms in total. The summed E-state index contributed by atoms with van der Waals surface area (Å²) in [6, 6.07) is 5.69. The molecule has 0 heterocycles. The van der Waals surface area contributed by atoms with Gasteiger partial charge in [0.15, 0.2) is 0 Å². The molecule has 1 saturated carbocycles. The minimum absolute atomic E-state index is 0.111. The van der Waals surface area contributed by atoms with Crippen LogP contribution in [0, 0.1) is 5.92 Å². The largest absolute Gasteiger partial charge is 0.393 e. The number of rotatable bonds is 4. The fourth-order valence-corrected chi connectivity index (χ4v) is 2.93. The number of halogens is 2. The Kier molecular flexibility index (Phi) is 5.31. The molecule has 1 aliphatic carbocycles. The van der Waals surface area contributed by atoms with Gasteiger partial charge in [-0.05, 0) is 43.4 Å². The van der Waals surface area contributed by atoms with Crippen LogP contribution in [0.5, 0.6) is 0 Å². The average molecular weight is 288 g/mol. The van der Waals surface area contributed by atoms with Gasteiger partial charge in [-0.15, -0.1) is 0 Å². The van der Waals surface area contributed by atoms with Crippen LogP contribution < -0.4 is 5.32 Å². The van der Waals surface area contributed by atoms with Gasteiger partial charge in [-0.2, -0.15) is 0 Å². The fraction of sp³-hybridized carbons (Fsp3) is 0.571. The highest BCUT2D eigenvalue weighted by molar-refractivity contribution is 6.42. The van der Waals surface area contributed by atoms with E-state index in [2.05, 4.69) is 5.32 Å². The summed E-state index contributed by atoms with van der Waals surface area (Å²) in [4.78, 5) is 0. The van der Waals surface area contributed by atoms with Crippen LogP contribution in [0.15, 0.2) is 18.2 Å². The van der Waals surface area contributed by atoms with Crippen molar-refractivity contribution in [2.75, 3.05) is 6.54 Å². The minimum atomic E-state index is -0.111. The third-order valence-electron chi connectivity index (χ3n) is 3.54. The molecule has 1 aromatic rings. The van der Waals surface area contributed by atoms with E-state index in [1.807, 2.05) is 12.1 Å². The maximum atomic E-state index is 9.61. The monoisotopic (exact) mass is 287 g/mol. The zero-order valence-corrected chi connectivity index (χ0v) is 11.8. The highest BCUT2D eigenvalue weighted by Gasteiger charge is 2.19. The lowest BCUT2D eigenvalue weighted by atomic mass is 9.87. The van der Waals surface area contributed by atoms with Gasteiger partial charge in [0.25, 0.3) is 0 Å². The first-order valence-electron chi connectivity index (χ1n) is 6.48. The maximum absolute atomic E-state index is 9.61. The second kappa shape index (κ2) is 6.76. The van der Waals surface area contributed by atoms with Crippen molar-refractivity contribution in [1.29, 1.82) is 0 Å². The Balaban J connectivity index is 1.79. The van der Waals surface area contributed by atoms with Crippen LogP contribution in [-0.4, -0.2) is 17.8 Å². The lowest BCUT2D eigenvalue weighted by Crippen LogP contribution is -2.28. The molecule has 0 amide bonds. The normalized spacial score (nSPS) is 24.2. The molecule has 2 atom stereocenters. The summed E-state index contributed by atoms with van der Waals surface area (Å²) < 4.78 is 0. The zero-order valence-electron chi connectivity index (χ0n) is 10.3. The standard InChI is InChI=1S/C14H19Cl2NO/c15-13-6-2-4-11(14(13)16)9-17-8-10-3-1-5-12(18)7-10/h2,4,6,10,12,17-18H,1,3,5,7-9H2. The van der Waals surface area contributed by atoms with E-state index >= 15 is 0 Å². The predicted molar refractivity (Wildman–Crippen MR) is 76.1 cm³/mol. The van der Waals surface area contributed by atoms with Crippen LogP contribution in [0.2, 0.25) is 10.0 Å². The maximum Gasteiger partial charge on any atom is 0.0637 e. The molecule has 4 heteroatoms. The molecule has 2 N–H and O–H groups in total. The van der Waals surface area contributed by atoms with E-state index in [9.17, 15) is 5.11 Å². The summed E-state index contributed by atoms with van der Waals surface area (Å²) in [5.74, 6) is 0.576. The number of aliphatic hydroxyl groups excluding tert-OH is 1. The first-order chi connectivity index (χ1) is 8.66. The lowest BCUT2D eigenvalue weighted by molar-refractivity contribution is 0.101. The molecule has 0 spiro atoms. The molecule has 100 valence electrons. The molecule has 0 aromatic heterocycles. The van der Waals surface area contributed by atoms with Crippen molar-refractivity contribution < 1.29 is 5.11 Å². The smallest absolute Gasteiger partial charge is 0.0637 e. The molecule has 0 aliphatic heterocycles. The van der Waals surface area contributed by atoms with Crippen molar-refractivity contribution in [3.05, 3.63) is 33.8 Å². The average Bonchev–Trinajstić information content (AvgIpc) is 2.35. The summed E-state index contributed by atoms with van der Waals surface area (Å²) in [7, 11) is 0. The lowest BCUT2D eigenvalue weighted by Gasteiger charge is -2.26. The second-order valence-electron chi connectivity index (χ2n) is 5.03. The van der Waals surface area contributed by atoms with E-state index in [0.29, 0.717) is 16.0 Å². The zero-order chi connectivity index (χ0) is 13.0. The molecule has 2 rings (SSSR count). The summed E-state index contributed by atoms with van der Waals surface area (Å²) in [6.45, 7) is 1.66. The highest BCUT2D eigenvalue weighted by atomic mass is 35.5. The first-order valence-corrected chi connectivity index (χ1v) is 7.24. The van der Waals surface area contributed by atoms with Crippen LogP contribution in [0.25, 0.3) is 0 Å². The van der Waals surface area contributed by atoms with Gasteiger partial charge in [-0.1, -0.05) is 41.8 Å². The molecule has 1 aromatic carbocycles. The molecule has 0 saturated heterocycles. The molecule has 1 fully saturated rings. The van der Waals surface area contributed by atoms with E-state index in [-0.39, 0.29) is 6.10 Å². The minimum Gasteiger partial charge on any atom is -0.393 e. The number of hydrogen-bond donors (Lipinski definition) is 2. The Labute approximate surface area is 118 Å². The summed E-state index contributed by atoms with van der Waals surface area (Å²) in [5.41, 5.74) is 1.03. The van der Waals surface area contributed by atoms with E-state index in [1.54, 1.807) is 6.07 Å². The van der Waals surface area contributed by atoms with E-state index in [1.165, 1.54) is 6.42 Å². The van der Waals surface area contributed by atoms with Gasteiger partial charge in [0.2, 0.25) is 0 Å².